The van der Waals surface area contributed by atoms with Gasteiger partial charge in [-0.3, -0.25) is 0 Å². The lowest BCUT2D eigenvalue weighted by atomic mass is 10.1. The second kappa shape index (κ2) is 5.33. The molecule has 1 aliphatic rings. The van der Waals surface area contributed by atoms with Gasteiger partial charge in [-0.05, 0) is 42.3 Å². The summed E-state index contributed by atoms with van der Waals surface area (Å²) in [4.78, 5) is 0. The predicted octanol–water partition coefficient (Wildman–Crippen LogP) is 4.41. The van der Waals surface area contributed by atoms with E-state index in [1.165, 1.54) is 17.2 Å². The molecule has 2 aromatic carbocycles. The zero-order valence-electron chi connectivity index (χ0n) is 11.1. The van der Waals surface area contributed by atoms with Crippen LogP contribution in [0.3, 0.4) is 0 Å². The first-order valence-corrected chi connectivity index (χ1v) is 6.97. The molecule has 0 aliphatic carbocycles. The maximum atomic E-state index is 13.1. The zero-order chi connectivity index (χ0) is 14.1. The number of halogens is 2. The van der Waals surface area contributed by atoms with E-state index in [2.05, 4.69) is 18.3 Å². The Labute approximate surface area is 122 Å². The third-order valence-corrected chi connectivity index (χ3v) is 3.67. The van der Waals surface area contributed by atoms with E-state index in [1.54, 1.807) is 12.1 Å². The van der Waals surface area contributed by atoms with Crippen molar-refractivity contribution in [1.29, 1.82) is 0 Å². The number of ether oxygens (including phenoxy) is 1. The molecule has 0 unspecified atom stereocenters. The molecule has 1 N–H and O–H groups in total. The number of anilines is 1. The summed E-state index contributed by atoms with van der Waals surface area (Å²) in [5, 5.41) is 3.37. The number of benzene rings is 2. The molecule has 0 amide bonds. The predicted molar refractivity (Wildman–Crippen MR) is 79.0 cm³/mol. The van der Waals surface area contributed by atoms with Crippen molar-refractivity contribution in [3.63, 3.8) is 0 Å². The minimum absolute atomic E-state index is 0.131. The molecule has 1 aliphatic heterocycles. The Morgan fingerprint density at radius 2 is 2.15 bits per heavy atom. The number of hydrogen-bond donors (Lipinski definition) is 1. The van der Waals surface area contributed by atoms with E-state index in [4.69, 9.17) is 16.3 Å². The Kier molecular flexibility index (Phi) is 3.53. The van der Waals surface area contributed by atoms with Gasteiger partial charge in [0.1, 0.15) is 17.7 Å². The van der Waals surface area contributed by atoms with Crippen molar-refractivity contribution in [2.75, 3.05) is 5.32 Å². The number of rotatable bonds is 3. The largest absolute Gasteiger partial charge is 0.490 e. The summed E-state index contributed by atoms with van der Waals surface area (Å²) in [6, 6.07) is 10.8. The first-order valence-electron chi connectivity index (χ1n) is 6.59. The highest BCUT2D eigenvalue weighted by atomic mass is 35.5. The second-order valence-corrected chi connectivity index (χ2v) is 5.46. The van der Waals surface area contributed by atoms with Gasteiger partial charge < -0.3 is 10.1 Å². The van der Waals surface area contributed by atoms with Gasteiger partial charge >= 0.3 is 0 Å². The summed E-state index contributed by atoms with van der Waals surface area (Å²) in [6.07, 6.45) is 1.20. The van der Waals surface area contributed by atoms with Crippen molar-refractivity contribution >= 4 is 17.3 Å². The van der Waals surface area contributed by atoms with Crippen LogP contribution >= 0.6 is 11.6 Å². The summed E-state index contributed by atoms with van der Waals surface area (Å²) in [5.41, 5.74) is 3.22. The maximum absolute atomic E-state index is 13.1. The Bertz CT molecular complexity index is 644. The fraction of sp³-hybridized carbons (Fsp3) is 0.250. The molecular weight excluding hydrogens is 277 g/mol. The summed E-state index contributed by atoms with van der Waals surface area (Å²) >= 11 is 5.76. The molecule has 0 fully saturated rings. The van der Waals surface area contributed by atoms with E-state index in [9.17, 15) is 4.39 Å². The molecule has 4 heteroatoms. The van der Waals surface area contributed by atoms with Gasteiger partial charge in [0, 0.05) is 18.7 Å². The summed E-state index contributed by atoms with van der Waals surface area (Å²) < 4.78 is 18.7. The van der Waals surface area contributed by atoms with Gasteiger partial charge in [0.2, 0.25) is 0 Å². The number of nitrogens with one attached hydrogen (secondary N) is 1. The fourth-order valence-electron chi connectivity index (χ4n) is 2.40. The van der Waals surface area contributed by atoms with Crippen molar-refractivity contribution in [3.05, 3.63) is 58.4 Å². The van der Waals surface area contributed by atoms with Crippen molar-refractivity contribution in [3.8, 4) is 5.75 Å². The SMILES string of the molecule is C[C@@H]1Cc2cc(CNc3ccc(F)c(Cl)c3)ccc2O1. The second-order valence-electron chi connectivity index (χ2n) is 5.06. The first kappa shape index (κ1) is 13.3. The smallest absolute Gasteiger partial charge is 0.141 e. The van der Waals surface area contributed by atoms with E-state index >= 15 is 0 Å². The molecule has 0 saturated carbocycles. The van der Waals surface area contributed by atoms with E-state index in [1.807, 2.05) is 12.1 Å². The van der Waals surface area contributed by atoms with Gasteiger partial charge in [0.05, 0.1) is 5.02 Å². The van der Waals surface area contributed by atoms with Crippen LogP contribution in [0.15, 0.2) is 36.4 Å². The zero-order valence-corrected chi connectivity index (χ0v) is 11.9. The number of fused-ring (bicyclic) bond motifs is 1. The maximum Gasteiger partial charge on any atom is 0.141 e. The third-order valence-electron chi connectivity index (χ3n) is 3.38. The highest BCUT2D eigenvalue weighted by molar-refractivity contribution is 6.31. The molecule has 1 atom stereocenters. The molecule has 0 aromatic heterocycles. The Morgan fingerprint density at radius 1 is 1.30 bits per heavy atom. The average molecular weight is 292 g/mol. The monoisotopic (exact) mass is 291 g/mol. The van der Waals surface area contributed by atoms with E-state index in [-0.39, 0.29) is 11.1 Å². The molecule has 0 spiro atoms. The van der Waals surface area contributed by atoms with Crippen molar-refractivity contribution in [2.45, 2.75) is 26.0 Å². The lowest BCUT2D eigenvalue weighted by molar-refractivity contribution is 0.254. The Hall–Kier alpha value is -1.74. The first-order chi connectivity index (χ1) is 9.61. The van der Waals surface area contributed by atoms with Crippen LogP contribution in [0.1, 0.15) is 18.1 Å². The molecule has 20 heavy (non-hydrogen) atoms. The quantitative estimate of drug-likeness (QED) is 0.904. The molecule has 0 radical (unpaired) electrons. The highest BCUT2D eigenvalue weighted by Crippen LogP contribution is 2.29. The van der Waals surface area contributed by atoms with Crippen molar-refractivity contribution in [1.82, 2.24) is 0 Å². The summed E-state index contributed by atoms with van der Waals surface area (Å²) in [5.74, 6) is 0.576. The number of hydrogen-bond acceptors (Lipinski definition) is 2. The molecule has 0 bridgehead atoms. The Morgan fingerprint density at radius 3 is 2.95 bits per heavy atom. The third kappa shape index (κ3) is 2.73. The molecule has 104 valence electrons. The molecular formula is C16H15ClFNO. The Balaban J connectivity index is 1.70. The van der Waals surface area contributed by atoms with E-state index < -0.39 is 5.82 Å². The lowest BCUT2D eigenvalue weighted by Gasteiger charge is -2.08. The minimum Gasteiger partial charge on any atom is -0.490 e. The van der Waals surface area contributed by atoms with E-state index in [0.717, 1.165) is 17.9 Å². The van der Waals surface area contributed by atoms with Gasteiger partial charge in [-0.2, -0.15) is 0 Å². The van der Waals surface area contributed by atoms with Crippen molar-refractivity contribution < 1.29 is 9.13 Å². The van der Waals surface area contributed by atoms with Crippen molar-refractivity contribution in [2.24, 2.45) is 0 Å². The molecule has 1 heterocycles. The van der Waals surface area contributed by atoms with Gasteiger partial charge in [-0.25, -0.2) is 4.39 Å². The topological polar surface area (TPSA) is 21.3 Å². The standard InChI is InChI=1S/C16H15ClFNO/c1-10-6-12-7-11(2-5-16(12)20-10)9-19-13-3-4-15(18)14(17)8-13/h2-5,7-8,10,19H,6,9H2,1H3/t10-/m1/s1. The van der Waals surface area contributed by atoms with Crippen LogP contribution in [-0.2, 0) is 13.0 Å². The molecule has 2 nitrogen and oxygen atoms in total. The minimum atomic E-state index is -0.402. The summed E-state index contributed by atoms with van der Waals surface area (Å²) in [6.45, 7) is 2.74. The van der Waals surface area contributed by atoms with Gasteiger partial charge in [-0.15, -0.1) is 0 Å². The normalized spacial score (nSPS) is 16.6. The average Bonchev–Trinajstić information content (AvgIpc) is 2.79. The highest BCUT2D eigenvalue weighted by Gasteiger charge is 2.18. The van der Waals surface area contributed by atoms with Crippen LogP contribution in [0.2, 0.25) is 5.02 Å². The van der Waals surface area contributed by atoms with Crippen LogP contribution in [0.25, 0.3) is 0 Å². The van der Waals surface area contributed by atoms with Gasteiger partial charge in [-0.1, -0.05) is 23.7 Å². The van der Waals surface area contributed by atoms with Gasteiger partial charge in [0.25, 0.3) is 0 Å². The van der Waals surface area contributed by atoms with Crippen LogP contribution in [0, 0.1) is 5.82 Å². The fourth-order valence-corrected chi connectivity index (χ4v) is 2.58. The van der Waals surface area contributed by atoms with Crippen LogP contribution in [0.5, 0.6) is 5.75 Å². The lowest BCUT2D eigenvalue weighted by Crippen LogP contribution is -2.05. The molecule has 2 aromatic rings. The molecule has 0 saturated heterocycles. The van der Waals surface area contributed by atoms with Crippen LogP contribution < -0.4 is 10.1 Å². The summed E-state index contributed by atoms with van der Waals surface area (Å²) in [7, 11) is 0. The van der Waals surface area contributed by atoms with Gasteiger partial charge in [0.15, 0.2) is 0 Å². The van der Waals surface area contributed by atoms with Crippen LogP contribution in [0.4, 0.5) is 10.1 Å². The van der Waals surface area contributed by atoms with Crippen LogP contribution in [-0.4, -0.2) is 6.10 Å². The van der Waals surface area contributed by atoms with E-state index in [0.29, 0.717) is 6.54 Å². The molecule has 3 rings (SSSR count).